The first-order valence-corrected chi connectivity index (χ1v) is 6.99. The fourth-order valence-corrected chi connectivity index (χ4v) is 2.50. The lowest BCUT2D eigenvalue weighted by molar-refractivity contribution is -0.103. The number of pyridine rings is 1. The first kappa shape index (κ1) is 14.4. The normalized spacial score (nSPS) is 22.1. The van der Waals surface area contributed by atoms with Crippen molar-refractivity contribution in [1.82, 2.24) is 4.98 Å². The first-order chi connectivity index (χ1) is 10.5. The maximum atomic E-state index is 10.6. The molecule has 0 spiro atoms. The van der Waals surface area contributed by atoms with Crippen molar-refractivity contribution in [3.63, 3.8) is 0 Å². The average Bonchev–Trinajstić information content (AvgIpc) is 2.52. The Kier molecular flexibility index (Phi) is 3.47. The highest BCUT2D eigenvalue weighted by molar-refractivity contribution is 5.46. The quantitative estimate of drug-likeness (QED) is 0.922. The zero-order valence-electron chi connectivity index (χ0n) is 12.4. The highest BCUT2D eigenvalue weighted by Crippen LogP contribution is 2.42. The molecule has 0 radical (unpaired) electrons. The van der Waals surface area contributed by atoms with E-state index in [4.69, 9.17) is 14.7 Å². The molecule has 1 N–H and O–H groups in total. The number of nitriles is 1. The van der Waals surface area contributed by atoms with Gasteiger partial charge in [-0.05, 0) is 44.2 Å². The van der Waals surface area contributed by atoms with E-state index in [2.05, 4.69) is 11.1 Å². The van der Waals surface area contributed by atoms with Gasteiger partial charge in [0.05, 0.1) is 17.8 Å². The maximum absolute atomic E-state index is 10.6. The molecule has 3 rings (SSSR count). The van der Waals surface area contributed by atoms with Crippen LogP contribution in [0.3, 0.4) is 0 Å². The van der Waals surface area contributed by atoms with Crippen LogP contribution in [0.25, 0.3) is 0 Å². The minimum Gasteiger partial charge on any atom is -0.485 e. The molecule has 0 amide bonds. The number of rotatable bonds is 2. The van der Waals surface area contributed by atoms with Crippen LogP contribution in [0.2, 0.25) is 0 Å². The van der Waals surface area contributed by atoms with Crippen molar-refractivity contribution in [2.45, 2.75) is 31.7 Å². The largest absolute Gasteiger partial charge is 0.485 e. The third-order valence-electron chi connectivity index (χ3n) is 3.71. The lowest BCUT2D eigenvalue weighted by Gasteiger charge is -2.41. The van der Waals surface area contributed by atoms with Crippen molar-refractivity contribution in [1.29, 1.82) is 5.26 Å². The van der Waals surface area contributed by atoms with E-state index in [1.54, 1.807) is 56.6 Å². The Morgan fingerprint density at radius 3 is 2.86 bits per heavy atom. The molecule has 0 saturated carbocycles. The predicted octanol–water partition coefficient (Wildman–Crippen LogP) is 2.61. The minimum absolute atomic E-state index is 0.494. The maximum Gasteiger partial charge on any atom is 0.157 e. The van der Waals surface area contributed by atoms with E-state index in [1.807, 2.05) is 0 Å². The molecule has 1 aliphatic rings. The number of aliphatic hydroxyl groups is 1. The molecule has 0 fully saturated rings. The lowest BCUT2D eigenvalue weighted by Crippen LogP contribution is -2.50. The molecular weight excluding hydrogens is 280 g/mol. The highest BCUT2D eigenvalue weighted by Gasteiger charge is 2.44. The second-order valence-electron chi connectivity index (χ2n) is 5.74. The molecule has 0 saturated heterocycles. The van der Waals surface area contributed by atoms with E-state index in [0.29, 0.717) is 22.6 Å². The van der Waals surface area contributed by atoms with Crippen LogP contribution in [0, 0.1) is 11.3 Å². The molecule has 5 heteroatoms. The Labute approximate surface area is 128 Å². The third kappa shape index (κ3) is 2.49. The molecule has 0 bridgehead atoms. The molecular formula is C17H16N2O3. The Balaban J connectivity index is 2.05. The summed E-state index contributed by atoms with van der Waals surface area (Å²) in [6.07, 6.45) is 1.73. The second kappa shape index (κ2) is 5.32. The van der Waals surface area contributed by atoms with Gasteiger partial charge in [0.15, 0.2) is 6.10 Å². The number of nitrogens with zero attached hydrogens (tertiary/aromatic N) is 2. The summed E-state index contributed by atoms with van der Waals surface area (Å²) in [7, 11) is 0. The number of aliphatic hydroxyl groups excluding tert-OH is 1. The van der Waals surface area contributed by atoms with E-state index in [-0.39, 0.29) is 0 Å². The molecule has 2 unspecified atom stereocenters. The van der Waals surface area contributed by atoms with E-state index >= 15 is 0 Å². The summed E-state index contributed by atoms with van der Waals surface area (Å²) in [5, 5.41) is 19.7. The van der Waals surface area contributed by atoms with Gasteiger partial charge < -0.3 is 14.6 Å². The summed E-state index contributed by atoms with van der Waals surface area (Å²) in [6.45, 7) is 3.61. The van der Waals surface area contributed by atoms with Gasteiger partial charge in [-0.2, -0.15) is 5.26 Å². The van der Waals surface area contributed by atoms with Gasteiger partial charge in [0, 0.05) is 11.8 Å². The minimum atomic E-state index is -0.880. The van der Waals surface area contributed by atoms with E-state index in [0.717, 1.165) is 0 Å². The number of benzene rings is 1. The van der Waals surface area contributed by atoms with Crippen molar-refractivity contribution < 1.29 is 14.6 Å². The first-order valence-electron chi connectivity index (χ1n) is 6.99. The van der Waals surface area contributed by atoms with Gasteiger partial charge in [-0.25, -0.2) is 0 Å². The molecule has 2 heterocycles. The van der Waals surface area contributed by atoms with Gasteiger partial charge >= 0.3 is 0 Å². The van der Waals surface area contributed by atoms with Gasteiger partial charge in [-0.1, -0.05) is 0 Å². The van der Waals surface area contributed by atoms with Crippen LogP contribution >= 0.6 is 0 Å². The van der Waals surface area contributed by atoms with Gasteiger partial charge in [-0.15, -0.1) is 0 Å². The van der Waals surface area contributed by atoms with Crippen molar-refractivity contribution >= 4 is 0 Å². The molecule has 2 atom stereocenters. The van der Waals surface area contributed by atoms with Crippen LogP contribution in [0.5, 0.6) is 11.5 Å². The van der Waals surface area contributed by atoms with Crippen LogP contribution in [0.15, 0.2) is 42.7 Å². The lowest BCUT2D eigenvalue weighted by atomic mass is 9.87. The topological polar surface area (TPSA) is 75.4 Å². The third-order valence-corrected chi connectivity index (χ3v) is 3.71. The number of hydrogen-bond acceptors (Lipinski definition) is 5. The zero-order valence-corrected chi connectivity index (χ0v) is 12.4. The summed E-state index contributed by atoms with van der Waals surface area (Å²) < 4.78 is 11.8. The van der Waals surface area contributed by atoms with Crippen molar-refractivity contribution in [3.8, 4) is 17.6 Å². The fourth-order valence-electron chi connectivity index (χ4n) is 2.50. The van der Waals surface area contributed by atoms with E-state index in [9.17, 15) is 5.11 Å². The Hall–Kier alpha value is -2.58. The standard InChI is InChI=1S/C17H16N2O3/c1-17(2)16(20)15(21-12-4-3-7-19-10-12)13-8-11(9-18)5-6-14(13)22-17/h3-8,10,15-16,20H,1-2H3. The summed E-state index contributed by atoms with van der Waals surface area (Å²) in [4.78, 5) is 4.01. The highest BCUT2D eigenvalue weighted by atomic mass is 16.5. The average molecular weight is 296 g/mol. The summed E-state index contributed by atoms with van der Waals surface area (Å²) in [5.74, 6) is 1.17. The van der Waals surface area contributed by atoms with Crippen LogP contribution in [-0.2, 0) is 0 Å². The molecule has 112 valence electrons. The van der Waals surface area contributed by atoms with Gasteiger partial charge in [0.1, 0.15) is 23.2 Å². The zero-order chi connectivity index (χ0) is 15.7. The van der Waals surface area contributed by atoms with Gasteiger partial charge in [0.2, 0.25) is 0 Å². The van der Waals surface area contributed by atoms with E-state index < -0.39 is 17.8 Å². The molecule has 22 heavy (non-hydrogen) atoms. The summed E-state index contributed by atoms with van der Waals surface area (Å²) >= 11 is 0. The van der Waals surface area contributed by atoms with Crippen molar-refractivity contribution in [3.05, 3.63) is 53.9 Å². The number of aromatic nitrogens is 1. The molecule has 2 aromatic rings. The van der Waals surface area contributed by atoms with Crippen LogP contribution in [0.4, 0.5) is 0 Å². The van der Waals surface area contributed by atoms with E-state index in [1.165, 1.54) is 0 Å². The molecule has 1 aromatic heterocycles. The van der Waals surface area contributed by atoms with Crippen molar-refractivity contribution in [2.75, 3.05) is 0 Å². The number of fused-ring (bicyclic) bond motifs is 1. The predicted molar refractivity (Wildman–Crippen MR) is 79.5 cm³/mol. The summed E-state index contributed by atoms with van der Waals surface area (Å²) in [5.41, 5.74) is 0.359. The molecule has 0 aliphatic carbocycles. The second-order valence-corrected chi connectivity index (χ2v) is 5.74. The van der Waals surface area contributed by atoms with Crippen molar-refractivity contribution in [2.24, 2.45) is 0 Å². The molecule has 5 nitrogen and oxygen atoms in total. The van der Waals surface area contributed by atoms with Crippen LogP contribution < -0.4 is 9.47 Å². The summed E-state index contributed by atoms with van der Waals surface area (Å²) in [6, 6.07) is 10.7. The van der Waals surface area contributed by atoms with Gasteiger partial charge in [-0.3, -0.25) is 4.98 Å². The smallest absolute Gasteiger partial charge is 0.157 e. The Bertz CT molecular complexity index is 722. The van der Waals surface area contributed by atoms with Crippen LogP contribution in [-0.4, -0.2) is 21.8 Å². The van der Waals surface area contributed by atoms with Crippen LogP contribution in [0.1, 0.15) is 31.1 Å². The Morgan fingerprint density at radius 2 is 2.18 bits per heavy atom. The number of hydrogen-bond donors (Lipinski definition) is 1. The number of ether oxygens (including phenoxy) is 2. The molecule has 1 aromatic carbocycles. The SMILES string of the molecule is CC1(C)Oc2ccc(C#N)cc2C(Oc2cccnc2)C1O. The van der Waals surface area contributed by atoms with Gasteiger partial charge in [0.25, 0.3) is 0 Å². The Morgan fingerprint density at radius 1 is 1.36 bits per heavy atom. The molecule has 1 aliphatic heterocycles. The monoisotopic (exact) mass is 296 g/mol. The fraction of sp³-hybridized carbons (Fsp3) is 0.294.